The summed E-state index contributed by atoms with van der Waals surface area (Å²) in [5.74, 6) is 2.15. The third kappa shape index (κ3) is 1.78. The number of alkyl halides is 1. The fourth-order valence-electron chi connectivity index (χ4n) is 7.66. The van der Waals surface area contributed by atoms with E-state index in [9.17, 15) is 9.59 Å². The van der Waals surface area contributed by atoms with Gasteiger partial charge in [0.05, 0.1) is 0 Å². The predicted octanol–water partition coefficient (Wildman–Crippen LogP) is 4.86. The van der Waals surface area contributed by atoms with E-state index in [-0.39, 0.29) is 27.4 Å². The zero-order valence-electron chi connectivity index (χ0n) is 15.2. The third-order valence-electron chi connectivity index (χ3n) is 9.22. The number of carbonyl (C=O) groups is 2. The number of fused-ring (bicyclic) bond motifs is 6. The fraction of sp³-hybridized carbons (Fsp3) is 0.727. The van der Waals surface area contributed by atoms with Crippen LogP contribution < -0.4 is 0 Å². The molecule has 4 fully saturated rings. The average molecular weight is 359 g/mol. The lowest BCUT2D eigenvalue weighted by Gasteiger charge is -2.61. The fourth-order valence-corrected chi connectivity index (χ4v) is 8.17. The summed E-state index contributed by atoms with van der Waals surface area (Å²) in [4.78, 5) is 24.5. The second-order valence-corrected chi connectivity index (χ2v) is 10.3. The molecule has 0 bridgehead atoms. The SMILES string of the molecule is C[C@]12C=CC(=O)C=C1C[C@@H](Cl)[C@@H]1[C@@H]2CC[C@@]2(C)[C@H]1CC[C@@]21CCC1=O. The molecule has 4 saturated carbocycles. The number of hydrogen-bond acceptors (Lipinski definition) is 2. The van der Waals surface area contributed by atoms with Gasteiger partial charge in [-0.05, 0) is 73.8 Å². The molecule has 25 heavy (non-hydrogen) atoms. The molecular weight excluding hydrogens is 332 g/mol. The smallest absolute Gasteiger partial charge is 0.178 e. The maximum absolute atomic E-state index is 12.6. The summed E-state index contributed by atoms with van der Waals surface area (Å²) in [6, 6.07) is 0. The minimum atomic E-state index is -0.0331. The molecule has 0 radical (unpaired) electrons. The summed E-state index contributed by atoms with van der Waals surface area (Å²) in [6.45, 7) is 4.71. The van der Waals surface area contributed by atoms with Crippen LogP contribution in [0.25, 0.3) is 0 Å². The lowest BCUT2D eigenvalue weighted by atomic mass is 9.43. The van der Waals surface area contributed by atoms with Crippen LogP contribution in [-0.4, -0.2) is 16.9 Å². The Morgan fingerprint density at radius 2 is 1.84 bits per heavy atom. The van der Waals surface area contributed by atoms with E-state index in [1.165, 1.54) is 5.57 Å². The van der Waals surface area contributed by atoms with Crippen LogP contribution in [0.15, 0.2) is 23.8 Å². The maximum Gasteiger partial charge on any atom is 0.178 e. The summed E-state index contributed by atoms with van der Waals surface area (Å²) in [5, 5.41) is 0.0959. The second-order valence-electron chi connectivity index (χ2n) is 9.70. The Bertz CT molecular complexity index is 736. The summed E-state index contributed by atoms with van der Waals surface area (Å²) in [6.07, 6.45) is 13.0. The number of hydrogen-bond donors (Lipinski definition) is 0. The normalized spacial score (nSPS) is 53.8. The number of halogens is 1. The van der Waals surface area contributed by atoms with Crippen molar-refractivity contribution in [3.8, 4) is 0 Å². The van der Waals surface area contributed by atoms with Crippen molar-refractivity contribution in [3.63, 3.8) is 0 Å². The Morgan fingerprint density at radius 1 is 1.08 bits per heavy atom. The van der Waals surface area contributed by atoms with E-state index >= 15 is 0 Å². The molecule has 0 aromatic carbocycles. The highest BCUT2D eigenvalue weighted by Gasteiger charge is 2.69. The van der Waals surface area contributed by atoms with Gasteiger partial charge in [0.2, 0.25) is 0 Å². The van der Waals surface area contributed by atoms with Gasteiger partial charge in [-0.3, -0.25) is 9.59 Å². The van der Waals surface area contributed by atoms with Crippen LogP contribution in [0.1, 0.15) is 58.8 Å². The highest BCUT2D eigenvalue weighted by molar-refractivity contribution is 6.21. The zero-order valence-corrected chi connectivity index (χ0v) is 15.9. The van der Waals surface area contributed by atoms with Crippen molar-refractivity contribution in [2.45, 2.75) is 64.2 Å². The largest absolute Gasteiger partial charge is 0.299 e. The van der Waals surface area contributed by atoms with Crippen LogP contribution >= 0.6 is 11.6 Å². The molecule has 0 unspecified atom stereocenters. The van der Waals surface area contributed by atoms with Crippen LogP contribution in [0.3, 0.4) is 0 Å². The molecule has 0 aliphatic heterocycles. The highest BCUT2D eigenvalue weighted by atomic mass is 35.5. The van der Waals surface area contributed by atoms with Crippen molar-refractivity contribution >= 4 is 23.2 Å². The maximum atomic E-state index is 12.6. The molecule has 0 aromatic rings. The van der Waals surface area contributed by atoms with Crippen molar-refractivity contribution < 1.29 is 9.59 Å². The lowest BCUT2D eigenvalue weighted by Crippen LogP contribution is -2.58. The quantitative estimate of drug-likeness (QED) is 0.579. The van der Waals surface area contributed by atoms with E-state index in [1.807, 2.05) is 6.08 Å². The van der Waals surface area contributed by atoms with Gasteiger partial charge in [-0.25, -0.2) is 0 Å². The van der Waals surface area contributed by atoms with E-state index < -0.39 is 0 Å². The molecule has 2 nitrogen and oxygen atoms in total. The van der Waals surface area contributed by atoms with Crippen LogP contribution in [0.2, 0.25) is 0 Å². The summed E-state index contributed by atoms with van der Waals surface area (Å²) in [5.41, 5.74) is 1.32. The monoisotopic (exact) mass is 358 g/mol. The minimum Gasteiger partial charge on any atom is -0.299 e. The molecule has 5 aliphatic rings. The second kappa shape index (κ2) is 4.88. The number of ketones is 2. The molecule has 7 atom stereocenters. The number of allylic oxidation sites excluding steroid dienone is 4. The van der Waals surface area contributed by atoms with Gasteiger partial charge >= 0.3 is 0 Å². The molecule has 0 N–H and O–H groups in total. The van der Waals surface area contributed by atoms with Crippen LogP contribution in [0.5, 0.6) is 0 Å². The van der Waals surface area contributed by atoms with Crippen molar-refractivity contribution in [3.05, 3.63) is 23.8 Å². The van der Waals surface area contributed by atoms with Crippen LogP contribution in [-0.2, 0) is 9.59 Å². The van der Waals surface area contributed by atoms with E-state index in [4.69, 9.17) is 11.6 Å². The zero-order chi connectivity index (χ0) is 17.6. The highest BCUT2D eigenvalue weighted by Crippen LogP contribution is 2.73. The first-order chi connectivity index (χ1) is 11.8. The van der Waals surface area contributed by atoms with Crippen molar-refractivity contribution in [2.75, 3.05) is 0 Å². The summed E-state index contributed by atoms with van der Waals surface area (Å²) < 4.78 is 0. The molecule has 134 valence electrons. The van der Waals surface area contributed by atoms with Crippen LogP contribution in [0, 0.1) is 34.0 Å². The number of rotatable bonds is 0. The minimum absolute atomic E-state index is 0.0231. The third-order valence-corrected chi connectivity index (χ3v) is 9.66. The van der Waals surface area contributed by atoms with Gasteiger partial charge in [0.15, 0.2) is 5.78 Å². The molecule has 0 amide bonds. The van der Waals surface area contributed by atoms with E-state index in [2.05, 4.69) is 19.9 Å². The predicted molar refractivity (Wildman–Crippen MR) is 98.3 cm³/mol. The molecule has 0 saturated heterocycles. The van der Waals surface area contributed by atoms with Crippen molar-refractivity contribution in [1.29, 1.82) is 0 Å². The van der Waals surface area contributed by atoms with Gasteiger partial charge in [0.1, 0.15) is 5.78 Å². The van der Waals surface area contributed by atoms with Gasteiger partial charge in [0, 0.05) is 22.6 Å². The summed E-state index contributed by atoms with van der Waals surface area (Å²) >= 11 is 6.98. The molecule has 0 heterocycles. The average Bonchev–Trinajstić information content (AvgIpc) is 2.90. The first-order valence-electron chi connectivity index (χ1n) is 9.93. The standard InChI is InChI=1S/C22H27ClO2/c1-20-7-3-14(24)11-13(20)12-17(23)19-15(20)4-8-21(2)16(19)5-9-22(21)10-6-18(22)25/h3,7,11,15-17,19H,4-6,8-10,12H2,1-2H3/t15-,16-,17+,19+,20-,21-,22-/m0/s1. The van der Waals surface area contributed by atoms with E-state index in [0.29, 0.717) is 23.5 Å². The first kappa shape index (κ1) is 16.3. The lowest BCUT2D eigenvalue weighted by molar-refractivity contribution is -0.156. The van der Waals surface area contributed by atoms with Gasteiger partial charge < -0.3 is 0 Å². The van der Waals surface area contributed by atoms with Gasteiger partial charge in [-0.15, -0.1) is 11.6 Å². The van der Waals surface area contributed by atoms with E-state index in [0.717, 1.165) is 44.9 Å². The Hall–Kier alpha value is -0.890. The van der Waals surface area contributed by atoms with Crippen LogP contribution in [0.4, 0.5) is 0 Å². The summed E-state index contributed by atoms with van der Waals surface area (Å²) in [7, 11) is 0. The topological polar surface area (TPSA) is 34.1 Å². The van der Waals surface area contributed by atoms with Gasteiger partial charge in [-0.2, -0.15) is 0 Å². The van der Waals surface area contributed by atoms with Crippen molar-refractivity contribution in [2.24, 2.45) is 34.0 Å². The molecular formula is C22H27ClO2. The Kier molecular flexibility index (Phi) is 3.18. The van der Waals surface area contributed by atoms with Gasteiger partial charge in [0.25, 0.3) is 0 Å². The van der Waals surface area contributed by atoms with E-state index in [1.54, 1.807) is 6.08 Å². The molecule has 5 rings (SSSR count). The van der Waals surface area contributed by atoms with Gasteiger partial charge in [-0.1, -0.05) is 25.5 Å². The number of carbonyl (C=O) groups excluding carboxylic acids is 2. The molecule has 0 aromatic heterocycles. The Morgan fingerprint density at radius 3 is 2.52 bits per heavy atom. The Balaban J connectivity index is 1.56. The molecule has 1 spiro atoms. The Labute approximate surface area is 155 Å². The molecule has 5 aliphatic carbocycles. The first-order valence-corrected chi connectivity index (χ1v) is 10.4. The number of Topliss-reactive ketones (excluding diaryl/α,β-unsaturated/α-hetero) is 1. The van der Waals surface area contributed by atoms with Crippen molar-refractivity contribution in [1.82, 2.24) is 0 Å². The molecule has 3 heteroatoms.